The van der Waals surface area contributed by atoms with E-state index in [9.17, 15) is 4.79 Å². The Morgan fingerprint density at radius 2 is 2.00 bits per heavy atom. The average Bonchev–Trinajstić information content (AvgIpc) is 2.08. The van der Waals surface area contributed by atoms with Crippen LogP contribution in [0.15, 0.2) is 0 Å². The van der Waals surface area contributed by atoms with E-state index < -0.39 is 5.91 Å². The Labute approximate surface area is 78.7 Å². The maximum Gasteiger partial charge on any atom is 0.293 e. The van der Waals surface area contributed by atoms with Gasteiger partial charge in [0.15, 0.2) is 0 Å². The first-order valence-corrected chi connectivity index (χ1v) is 4.37. The van der Waals surface area contributed by atoms with Crippen molar-refractivity contribution in [2.24, 2.45) is 5.73 Å². The van der Waals surface area contributed by atoms with Crippen molar-refractivity contribution < 1.29 is 4.79 Å². The highest BCUT2D eigenvalue weighted by Crippen LogP contribution is 1.96. The summed E-state index contributed by atoms with van der Waals surface area (Å²) in [4.78, 5) is 14.8. The Balaban J connectivity index is 2.24. The van der Waals surface area contributed by atoms with Crippen molar-refractivity contribution in [3.8, 4) is 11.8 Å². The van der Waals surface area contributed by atoms with Gasteiger partial charge < -0.3 is 10.6 Å². The van der Waals surface area contributed by atoms with Gasteiger partial charge in [-0.2, -0.15) is 0 Å². The van der Waals surface area contributed by atoms with E-state index in [0.29, 0.717) is 6.54 Å². The molecule has 0 spiro atoms. The first-order chi connectivity index (χ1) is 6.18. The monoisotopic (exact) mass is 181 g/mol. The molecule has 1 amide bonds. The van der Waals surface area contributed by atoms with Crippen LogP contribution in [0.3, 0.4) is 0 Å². The molecule has 0 bridgehead atoms. The lowest BCUT2D eigenvalue weighted by Gasteiger charge is -2.30. The molecule has 0 radical (unpaired) electrons. The smallest absolute Gasteiger partial charge is 0.293 e. The van der Waals surface area contributed by atoms with Gasteiger partial charge in [-0.1, -0.05) is 5.92 Å². The number of hydrogen-bond acceptors (Lipinski definition) is 3. The van der Waals surface area contributed by atoms with E-state index in [0.717, 1.165) is 26.2 Å². The van der Waals surface area contributed by atoms with Crippen LogP contribution in [0.4, 0.5) is 0 Å². The van der Waals surface area contributed by atoms with Gasteiger partial charge in [-0.3, -0.25) is 9.69 Å². The van der Waals surface area contributed by atoms with Gasteiger partial charge in [-0.05, 0) is 13.0 Å². The maximum atomic E-state index is 10.3. The molecule has 0 atom stereocenters. The summed E-state index contributed by atoms with van der Waals surface area (Å²) in [5.74, 6) is 4.54. The third-order valence-corrected chi connectivity index (χ3v) is 2.11. The van der Waals surface area contributed by atoms with Gasteiger partial charge in [-0.15, -0.1) is 0 Å². The Bertz CT molecular complexity index is 233. The second-order valence-corrected chi connectivity index (χ2v) is 3.25. The van der Waals surface area contributed by atoms with Gasteiger partial charge >= 0.3 is 0 Å². The largest absolute Gasteiger partial charge is 0.359 e. The zero-order valence-electron chi connectivity index (χ0n) is 7.92. The topological polar surface area (TPSA) is 49.6 Å². The number of nitrogens with two attached hydrogens (primary N) is 1. The molecule has 1 aliphatic heterocycles. The van der Waals surface area contributed by atoms with Crippen molar-refractivity contribution in [1.82, 2.24) is 9.80 Å². The third kappa shape index (κ3) is 3.92. The molecule has 1 rings (SSSR count). The van der Waals surface area contributed by atoms with E-state index in [1.54, 1.807) is 0 Å². The summed E-state index contributed by atoms with van der Waals surface area (Å²) in [5, 5.41) is 0. The van der Waals surface area contributed by atoms with Crippen molar-refractivity contribution in [2.75, 3.05) is 39.8 Å². The molecule has 0 aromatic rings. The van der Waals surface area contributed by atoms with E-state index >= 15 is 0 Å². The standard InChI is InChI=1S/C9H15N3O/c1-11-5-7-12(8-6-11)4-2-3-9(10)13/h4-8H2,1H3,(H2,10,13). The fraction of sp³-hybridized carbons (Fsp3) is 0.667. The van der Waals surface area contributed by atoms with Crippen molar-refractivity contribution in [1.29, 1.82) is 0 Å². The number of likely N-dealkylation sites (N-methyl/N-ethyl adjacent to an activating group) is 1. The van der Waals surface area contributed by atoms with Crippen molar-refractivity contribution in [2.45, 2.75) is 0 Å². The van der Waals surface area contributed by atoms with Gasteiger partial charge in [-0.25, -0.2) is 0 Å². The molecule has 1 aliphatic rings. The molecule has 4 nitrogen and oxygen atoms in total. The summed E-state index contributed by atoms with van der Waals surface area (Å²) in [6, 6.07) is 0. The van der Waals surface area contributed by atoms with E-state index in [1.807, 2.05) is 0 Å². The molecule has 1 fully saturated rings. The minimum atomic E-state index is -0.547. The molecule has 13 heavy (non-hydrogen) atoms. The predicted molar refractivity (Wildman–Crippen MR) is 50.9 cm³/mol. The molecule has 2 N–H and O–H groups in total. The number of amides is 1. The molecule has 0 aromatic carbocycles. The van der Waals surface area contributed by atoms with Gasteiger partial charge in [0.05, 0.1) is 6.54 Å². The lowest BCUT2D eigenvalue weighted by atomic mass is 10.3. The molecule has 0 aliphatic carbocycles. The fourth-order valence-corrected chi connectivity index (χ4v) is 1.24. The highest BCUT2D eigenvalue weighted by molar-refractivity contribution is 5.91. The van der Waals surface area contributed by atoms with Crippen LogP contribution in [-0.2, 0) is 4.79 Å². The summed E-state index contributed by atoms with van der Waals surface area (Å²) in [6.45, 7) is 4.82. The lowest BCUT2D eigenvalue weighted by molar-refractivity contribution is -0.112. The summed E-state index contributed by atoms with van der Waals surface area (Å²) >= 11 is 0. The van der Waals surface area contributed by atoms with E-state index in [2.05, 4.69) is 28.7 Å². The molecule has 0 unspecified atom stereocenters. The Morgan fingerprint density at radius 3 is 2.54 bits per heavy atom. The summed E-state index contributed by atoms with van der Waals surface area (Å²) in [6.07, 6.45) is 0. The van der Waals surface area contributed by atoms with Crippen LogP contribution in [0, 0.1) is 11.8 Å². The zero-order valence-corrected chi connectivity index (χ0v) is 7.92. The minimum absolute atomic E-state index is 0.547. The molecule has 72 valence electrons. The van der Waals surface area contributed by atoms with Gasteiger partial charge in [0.2, 0.25) is 0 Å². The third-order valence-electron chi connectivity index (χ3n) is 2.11. The molecular weight excluding hydrogens is 166 g/mol. The molecule has 1 heterocycles. The van der Waals surface area contributed by atoms with Gasteiger partial charge in [0, 0.05) is 26.2 Å². The molecule has 0 saturated carbocycles. The zero-order chi connectivity index (χ0) is 9.68. The molecule has 1 saturated heterocycles. The van der Waals surface area contributed by atoms with Crippen LogP contribution in [0.5, 0.6) is 0 Å². The number of piperazine rings is 1. The number of hydrogen-bond donors (Lipinski definition) is 1. The Morgan fingerprint density at radius 1 is 1.38 bits per heavy atom. The van der Waals surface area contributed by atoms with Crippen LogP contribution in [0.1, 0.15) is 0 Å². The van der Waals surface area contributed by atoms with E-state index in [4.69, 9.17) is 5.73 Å². The van der Waals surface area contributed by atoms with E-state index in [-0.39, 0.29) is 0 Å². The average molecular weight is 181 g/mol. The predicted octanol–water partition coefficient (Wildman–Crippen LogP) is -1.28. The summed E-state index contributed by atoms with van der Waals surface area (Å²) in [5.41, 5.74) is 4.89. The normalized spacial score (nSPS) is 19.2. The van der Waals surface area contributed by atoms with Crippen LogP contribution in [-0.4, -0.2) is 55.5 Å². The second-order valence-electron chi connectivity index (χ2n) is 3.25. The van der Waals surface area contributed by atoms with Crippen molar-refractivity contribution in [3.05, 3.63) is 0 Å². The number of carbonyl (C=O) groups is 1. The number of nitrogens with zero attached hydrogens (tertiary/aromatic N) is 2. The number of rotatable bonds is 1. The molecular formula is C9H15N3O. The quantitative estimate of drug-likeness (QED) is 0.513. The first kappa shape index (κ1) is 10.0. The van der Waals surface area contributed by atoms with Crippen LogP contribution >= 0.6 is 0 Å². The van der Waals surface area contributed by atoms with Crippen LogP contribution in [0.25, 0.3) is 0 Å². The number of primary amides is 1. The van der Waals surface area contributed by atoms with Crippen molar-refractivity contribution in [3.63, 3.8) is 0 Å². The SMILES string of the molecule is CN1CCN(CC#CC(N)=O)CC1. The van der Waals surface area contributed by atoms with Crippen LogP contribution in [0.2, 0.25) is 0 Å². The van der Waals surface area contributed by atoms with E-state index in [1.165, 1.54) is 0 Å². The minimum Gasteiger partial charge on any atom is -0.359 e. The second kappa shape index (κ2) is 4.85. The highest BCUT2D eigenvalue weighted by atomic mass is 16.1. The Kier molecular flexibility index (Phi) is 3.74. The lowest BCUT2D eigenvalue weighted by Crippen LogP contribution is -2.44. The maximum absolute atomic E-state index is 10.3. The number of carbonyl (C=O) groups excluding carboxylic acids is 1. The Hall–Kier alpha value is -1.05. The molecule has 4 heteroatoms. The summed E-state index contributed by atoms with van der Waals surface area (Å²) in [7, 11) is 2.10. The van der Waals surface area contributed by atoms with Gasteiger partial charge in [0.25, 0.3) is 5.91 Å². The highest BCUT2D eigenvalue weighted by Gasteiger charge is 2.11. The first-order valence-electron chi connectivity index (χ1n) is 4.37. The fourth-order valence-electron chi connectivity index (χ4n) is 1.24. The summed E-state index contributed by atoms with van der Waals surface area (Å²) < 4.78 is 0. The van der Waals surface area contributed by atoms with Gasteiger partial charge in [0.1, 0.15) is 0 Å². The molecule has 0 aromatic heterocycles. The van der Waals surface area contributed by atoms with Crippen LogP contribution < -0.4 is 5.73 Å². The van der Waals surface area contributed by atoms with Crippen molar-refractivity contribution >= 4 is 5.91 Å².